The van der Waals surface area contributed by atoms with Gasteiger partial charge in [-0.2, -0.15) is 8.78 Å². The molecule has 1 amide bonds. The van der Waals surface area contributed by atoms with Crippen LogP contribution in [0.4, 0.5) is 23.2 Å². The zero-order chi connectivity index (χ0) is 25.2. The molecule has 0 aromatic heterocycles. The first-order chi connectivity index (χ1) is 15.9. The Hall–Kier alpha value is -3.25. The van der Waals surface area contributed by atoms with Gasteiger partial charge in [-0.25, -0.2) is 17.2 Å². The standard InChI is InChI=1S/C21H17ClF4N2O5S/c1-3-12-10(2)32-5-4-27-20(29)11-6-14(22)19(33-21(25)26)18(7-11)34(30,31)28-17-8-13(12)15(23)9-16(17)24/h3,6-9,21,28H,2,4-5H2,1H3,(H,27,29). The van der Waals surface area contributed by atoms with E-state index in [1.54, 1.807) is 0 Å². The van der Waals surface area contributed by atoms with E-state index in [0.29, 0.717) is 6.07 Å². The largest absolute Gasteiger partial charge is 0.492 e. The molecule has 0 radical (unpaired) electrons. The minimum Gasteiger partial charge on any atom is -0.492 e. The number of amides is 1. The molecule has 0 saturated heterocycles. The lowest BCUT2D eigenvalue weighted by Crippen LogP contribution is -2.27. The highest BCUT2D eigenvalue weighted by Crippen LogP contribution is 2.37. The number of carbonyl (C=O) groups excluding carboxylic acids is 1. The van der Waals surface area contributed by atoms with E-state index in [9.17, 15) is 30.8 Å². The van der Waals surface area contributed by atoms with Gasteiger partial charge in [0.05, 0.1) is 17.3 Å². The highest BCUT2D eigenvalue weighted by molar-refractivity contribution is 7.92. The predicted molar refractivity (Wildman–Crippen MR) is 116 cm³/mol. The molecule has 0 atom stereocenters. The van der Waals surface area contributed by atoms with Gasteiger partial charge in [0.2, 0.25) is 0 Å². The van der Waals surface area contributed by atoms with Crippen molar-refractivity contribution in [2.45, 2.75) is 18.4 Å². The van der Waals surface area contributed by atoms with Crippen LogP contribution in [0.2, 0.25) is 5.02 Å². The van der Waals surface area contributed by atoms with Crippen LogP contribution in [0, 0.1) is 11.6 Å². The van der Waals surface area contributed by atoms with Gasteiger partial charge in [-0.15, -0.1) is 0 Å². The molecular weight excluding hydrogens is 504 g/mol. The number of halogens is 5. The van der Waals surface area contributed by atoms with E-state index in [0.717, 1.165) is 18.2 Å². The number of sulfonamides is 1. The van der Waals surface area contributed by atoms with Crippen LogP contribution in [0.3, 0.4) is 0 Å². The summed E-state index contributed by atoms with van der Waals surface area (Å²) in [6.45, 7) is 1.55. The molecular formula is C21H17ClF4N2O5S. The number of hydrogen-bond donors (Lipinski definition) is 2. The molecule has 4 bridgehead atoms. The van der Waals surface area contributed by atoms with E-state index >= 15 is 0 Å². The van der Waals surface area contributed by atoms with Crippen molar-refractivity contribution >= 4 is 38.8 Å². The number of allylic oxidation sites excluding steroid dienone is 2. The van der Waals surface area contributed by atoms with Gasteiger partial charge in [-0.1, -0.05) is 24.3 Å². The van der Waals surface area contributed by atoms with E-state index in [1.165, 1.54) is 13.0 Å². The van der Waals surface area contributed by atoms with Crippen molar-refractivity contribution < 1.29 is 40.2 Å². The Morgan fingerprint density at radius 2 is 1.91 bits per heavy atom. The van der Waals surface area contributed by atoms with Gasteiger partial charge in [0.15, 0.2) is 5.75 Å². The minimum atomic E-state index is -4.88. The van der Waals surface area contributed by atoms with E-state index in [2.05, 4.69) is 16.6 Å². The summed E-state index contributed by atoms with van der Waals surface area (Å²) in [5.41, 5.74) is -1.19. The summed E-state index contributed by atoms with van der Waals surface area (Å²) in [5, 5.41) is 1.82. The van der Waals surface area contributed by atoms with Crippen LogP contribution in [-0.2, 0) is 14.8 Å². The lowest BCUT2D eigenvalue weighted by atomic mass is 10.0. The summed E-state index contributed by atoms with van der Waals surface area (Å²) in [6, 6.07) is 2.96. The third-order valence-corrected chi connectivity index (χ3v) is 6.26. The molecule has 7 nitrogen and oxygen atoms in total. The van der Waals surface area contributed by atoms with Crippen molar-refractivity contribution in [1.82, 2.24) is 5.32 Å². The van der Waals surface area contributed by atoms with Crippen LogP contribution >= 0.6 is 11.6 Å². The fraction of sp³-hybridized carbons (Fsp3) is 0.190. The summed E-state index contributed by atoms with van der Waals surface area (Å²) in [4.78, 5) is 11.5. The molecule has 2 aromatic rings. The quantitative estimate of drug-likeness (QED) is 0.560. The van der Waals surface area contributed by atoms with Crippen molar-refractivity contribution in [3.8, 4) is 5.75 Å². The predicted octanol–water partition coefficient (Wildman–Crippen LogP) is 4.70. The van der Waals surface area contributed by atoms with Crippen molar-refractivity contribution in [1.29, 1.82) is 0 Å². The molecule has 2 aromatic carbocycles. The third kappa shape index (κ3) is 5.28. The van der Waals surface area contributed by atoms with Gasteiger partial charge in [0.1, 0.15) is 28.9 Å². The first kappa shape index (κ1) is 25.4. The number of benzene rings is 2. The van der Waals surface area contributed by atoms with Crippen LogP contribution < -0.4 is 14.8 Å². The molecule has 0 fully saturated rings. The van der Waals surface area contributed by atoms with Crippen LogP contribution in [0.5, 0.6) is 5.75 Å². The number of carbonyl (C=O) groups is 1. The molecule has 1 aliphatic rings. The monoisotopic (exact) mass is 520 g/mol. The van der Waals surface area contributed by atoms with Crippen molar-refractivity contribution in [3.05, 3.63) is 70.5 Å². The molecule has 1 heterocycles. The smallest absolute Gasteiger partial charge is 0.387 e. The first-order valence-corrected chi connectivity index (χ1v) is 11.4. The maximum atomic E-state index is 14.6. The number of ether oxygens (including phenoxy) is 2. The molecule has 0 aliphatic carbocycles. The maximum Gasteiger partial charge on any atom is 0.387 e. The second kappa shape index (κ2) is 9.94. The SMILES string of the molecule is C=C1OCCNC(=O)c2cc(Cl)c(OC(F)F)c(c2)S(=O)(=O)Nc2cc(c(F)cc2F)C1=CC. The second-order valence-electron chi connectivity index (χ2n) is 6.81. The van der Waals surface area contributed by atoms with Crippen LogP contribution in [0.25, 0.3) is 5.57 Å². The molecule has 34 heavy (non-hydrogen) atoms. The lowest BCUT2D eigenvalue weighted by Gasteiger charge is -2.17. The Labute approximate surface area is 197 Å². The van der Waals surface area contributed by atoms with Crippen molar-refractivity contribution in [2.75, 3.05) is 17.9 Å². The third-order valence-electron chi connectivity index (χ3n) is 4.61. The highest BCUT2D eigenvalue weighted by atomic mass is 35.5. The molecule has 13 heteroatoms. The van der Waals surface area contributed by atoms with Gasteiger partial charge < -0.3 is 14.8 Å². The summed E-state index contributed by atoms with van der Waals surface area (Å²) in [5.74, 6) is -4.13. The zero-order valence-electron chi connectivity index (χ0n) is 17.4. The molecule has 3 rings (SSSR count). The summed E-state index contributed by atoms with van der Waals surface area (Å²) in [7, 11) is -4.88. The van der Waals surface area contributed by atoms with E-state index in [4.69, 9.17) is 16.3 Å². The Morgan fingerprint density at radius 3 is 2.56 bits per heavy atom. The second-order valence-corrected chi connectivity index (χ2v) is 8.87. The first-order valence-electron chi connectivity index (χ1n) is 9.51. The average Bonchev–Trinajstić information content (AvgIpc) is 2.74. The summed E-state index contributed by atoms with van der Waals surface area (Å²) >= 11 is 5.94. The Balaban J connectivity index is 2.26. The van der Waals surface area contributed by atoms with Gasteiger partial charge in [-0.05, 0) is 25.1 Å². The number of rotatable bonds is 2. The summed E-state index contributed by atoms with van der Waals surface area (Å²) in [6.07, 6.45) is 1.41. The molecule has 1 aliphatic heterocycles. The van der Waals surface area contributed by atoms with Gasteiger partial charge >= 0.3 is 6.61 Å². The van der Waals surface area contributed by atoms with E-state index in [-0.39, 0.29) is 35.6 Å². The minimum absolute atomic E-state index is 0.0258. The van der Waals surface area contributed by atoms with Gasteiger partial charge in [0, 0.05) is 22.8 Å². The number of nitrogens with one attached hydrogen (secondary N) is 2. The topological polar surface area (TPSA) is 93.7 Å². The molecule has 0 saturated carbocycles. The van der Waals surface area contributed by atoms with Crippen molar-refractivity contribution in [3.63, 3.8) is 0 Å². The van der Waals surface area contributed by atoms with Crippen molar-refractivity contribution in [2.24, 2.45) is 0 Å². The number of anilines is 1. The van der Waals surface area contributed by atoms with E-state index in [1.807, 2.05) is 4.72 Å². The Bertz CT molecular complexity index is 1300. The average molecular weight is 521 g/mol. The number of hydrogen-bond acceptors (Lipinski definition) is 5. The normalized spacial score (nSPS) is 17.3. The fourth-order valence-electron chi connectivity index (χ4n) is 3.12. The number of fused-ring (bicyclic) bond motifs is 4. The van der Waals surface area contributed by atoms with Gasteiger partial charge in [0.25, 0.3) is 15.9 Å². The van der Waals surface area contributed by atoms with Crippen LogP contribution in [0.1, 0.15) is 22.8 Å². The molecule has 2 N–H and O–H groups in total. The summed E-state index contributed by atoms with van der Waals surface area (Å²) < 4.78 is 92.7. The maximum absolute atomic E-state index is 14.6. The lowest BCUT2D eigenvalue weighted by molar-refractivity contribution is -0.0516. The molecule has 182 valence electrons. The molecule has 0 spiro atoms. The van der Waals surface area contributed by atoms with Crippen LogP contribution in [0.15, 0.2) is 47.6 Å². The zero-order valence-corrected chi connectivity index (χ0v) is 19.0. The number of alkyl halides is 2. The van der Waals surface area contributed by atoms with Crippen LogP contribution in [-0.4, -0.2) is 34.1 Å². The van der Waals surface area contributed by atoms with Gasteiger partial charge in [-0.3, -0.25) is 9.52 Å². The fourth-order valence-corrected chi connectivity index (χ4v) is 4.68. The highest BCUT2D eigenvalue weighted by Gasteiger charge is 2.28. The Morgan fingerprint density at radius 1 is 1.21 bits per heavy atom. The molecule has 0 unspecified atom stereocenters. The van der Waals surface area contributed by atoms with E-state index < -0.39 is 55.5 Å². The Kier molecular flexibility index (Phi) is 7.41.